The Morgan fingerprint density at radius 3 is 2.39 bits per heavy atom. The summed E-state index contributed by atoms with van der Waals surface area (Å²) in [5.74, 6) is 0.868. The number of halogens is 1. The zero-order chi connectivity index (χ0) is 21.6. The van der Waals surface area contributed by atoms with Gasteiger partial charge in [-0.2, -0.15) is 0 Å². The number of carbonyl (C=O) groups is 1. The van der Waals surface area contributed by atoms with Crippen LogP contribution in [0.15, 0.2) is 77.3 Å². The molecule has 0 saturated carbocycles. The van der Waals surface area contributed by atoms with Crippen molar-refractivity contribution >= 4 is 28.1 Å². The van der Waals surface area contributed by atoms with Crippen molar-refractivity contribution in [3.05, 3.63) is 94.0 Å². The average molecular weight is 478 g/mol. The van der Waals surface area contributed by atoms with Gasteiger partial charge in [0.05, 0.1) is 6.61 Å². The molecule has 0 heterocycles. The van der Waals surface area contributed by atoms with Gasteiger partial charge in [-0.3, -0.25) is 0 Å². The van der Waals surface area contributed by atoms with Crippen molar-refractivity contribution in [2.45, 2.75) is 12.8 Å². The van der Waals surface area contributed by atoms with Gasteiger partial charge in [-0.15, -0.1) is 0 Å². The second-order valence-corrected chi connectivity index (χ2v) is 8.14. The fourth-order valence-electron chi connectivity index (χ4n) is 3.91. The molecule has 0 atom stereocenters. The third-order valence-electron chi connectivity index (χ3n) is 5.28. The number of alkyl carbamates (subject to hydrolysis) is 1. The molecule has 3 aromatic rings. The van der Waals surface area contributed by atoms with E-state index in [0.29, 0.717) is 19.8 Å². The standard InChI is InChI=1S/C26H24BrNO3/c1-2-30-25-14-13-19(27)16-18(25)8-7-15-28-26(29)31-17-24-22-11-5-3-9-20(22)21-10-4-6-12-23(21)24/h3-14,16,24H,2,15,17H2,1H3,(H,28,29). The Balaban J connectivity index is 1.34. The zero-order valence-electron chi connectivity index (χ0n) is 17.3. The topological polar surface area (TPSA) is 47.6 Å². The van der Waals surface area contributed by atoms with Gasteiger partial charge in [-0.05, 0) is 47.4 Å². The van der Waals surface area contributed by atoms with Crippen LogP contribution in [0.5, 0.6) is 5.75 Å². The smallest absolute Gasteiger partial charge is 0.407 e. The highest BCUT2D eigenvalue weighted by Gasteiger charge is 2.28. The van der Waals surface area contributed by atoms with E-state index in [2.05, 4.69) is 45.5 Å². The molecule has 0 fully saturated rings. The van der Waals surface area contributed by atoms with Crippen LogP contribution in [0.2, 0.25) is 0 Å². The number of nitrogens with one attached hydrogen (secondary N) is 1. The highest BCUT2D eigenvalue weighted by Crippen LogP contribution is 2.44. The van der Waals surface area contributed by atoms with E-state index < -0.39 is 6.09 Å². The van der Waals surface area contributed by atoms with Crippen molar-refractivity contribution < 1.29 is 14.3 Å². The molecule has 1 aliphatic rings. The number of fused-ring (bicyclic) bond motifs is 3. The third kappa shape index (κ3) is 4.83. The van der Waals surface area contributed by atoms with Crippen LogP contribution in [-0.2, 0) is 4.74 Å². The molecule has 3 aromatic carbocycles. The SMILES string of the molecule is CCOc1ccc(Br)cc1C=CCNC(=O)OCC1c2ccccc2-c2ccccc21. The Bertz CT molecular complexity index is 1060. The van der Waals surface area contributed by atoms with Crippen LogP contribution in [0.1, 0.15) is 29.5 Å². The minimum atomic E-state index is -0.425. The lowest BCUT2D eigenvalue weighted by atomic mass is 9.98. The summed E-state index contributed by atoms with van der Waals surface area (Å²) in [5, 5.41) is 2.79. The van der Waals surface area contributed by atoms with Gasteiger partial charge in [0.15, 0.2) is 0 Å². The van der Waals surface area contributed by atoms with Crippen LogP contribution in [0, 0.1) is 0 Å². The summed E-state index contributed by atoms with van der Waals surface area (Å²) in [6.07, 6.45) is 3.39. The number of carbonyl (C=O) groups excluding carboxylic acids is 1. The number of benzene rings is 3. The highest BCUT2D eigenvalue weighted by atomic mass is 79.9. The van der Waals surface area contributed by atoms with Gasteiger partial charge in [-0.1, -0.05) is 76.6 Å². The average Bonchev–Trinajstić information content (AvgIpc) is 3.11. The van der Waals surface area contributed by atoms with E-state index in [0.717, 1.165) is 15.8 Å². The maximum Gasteiger partial charge on any atom is 0.407 e. The lowest BCUT2D eigenvalue weighted by Gasteiger charge is -2.14. The molecule has 0 aliphatic heterocycles. The summed E-state index contributed by atoms with van der Waals surface area (Å²) in [6, 6.07) is 22.4. The second-order valence-electron chi connectivity index (χ2n) is 7.22. The fourth-order valence-corrected chi connectivity index (χ4v) is 4.29. The summed E-state index contributed by atoms with van der Waals surface area (Å²) in [4.78, 5) is 12.3. The zero-order valence-corrected chi connectivity index (χ0v) is 18.9. The maximum atomic E-state index is 12.3. The van der Waals surface area contributed by atoms with Crippen molar-refractivity contribution in [1.82, 2.24) is 5.32 Å². The summed E-state index contributed by atoms with van der Waals surface area (Å²) < 4.78 is 12.2. The minimum Gasteiger partial charge on any atom is -0.493 e. The molecule has 0 radical (unpaired) electrons. The number of rotatable bonds is 7. The van der Waals surface area contributed by atoms with Gasteiger partial charge in [0.1, 0.15) is 12.4 Å². The molecule has 31 heavy (non-hydrogen) atoms. The van der Waals surface area contributed by atoms with Crippen LogP contribution in [0.3, 0.4) is 0 Å². The van der Waals surface area contributed by atoms with Crippen molar-refractivity contribution in [1.29, 1.82) is 0 Å². The van der Waals surface area contributed by atoms with Gasteiger partial charge < -0.3 is 14.8 Å². The van der Waals surface area contributed by atoms with E-state index >= 15 is 0 Å². The molecule has 0 aromatic heterocycles. The van der Waals surface area contributed by atoms with Crippen LogP contribution >= 0.6 is 15.9 Å². The summed E-state index contributed by atoms with van der Waals surface area (Å²) in [7, 11) is 0. The fraction of sp³-hybridized carbons (Fsp3) is 0.192. The Morgan fingerprint density at radius 2 is 1.71 bits per heavy atom. The number of hydrogen-bond acceptors (Lipinski definition) is 3. The van der Waals surface area contributed by atoms with Crippen molar-refractivity contribution in [2.24, 2.45) is 0 Å². The highest BCUT2D eigenvalue weighted by molar-refractivity contribution is 9.10. The largest absolute Gasteiger partial charge is 0.493 e. The number of amides is 1. The van der Waals surface area contributed by atoms with Crippen molar-refractivity contribution in [2.75, 3.05) is 19.8 Å². The normalized spacial score (nSPS) is 12.5. The predicted molar refractivity (Wildman–Crippen MR) is 127 cm³/mol. The molecule has 0 saturated heterocycles. The lowest BCUT2D eigenvalue weighted by molar-refractivity contribution is 0.144. The molecule has 158 valence electrons. The summed E-state index contributed by atoms with van der Waals surface area (Å²) >= 11 is 3.48. The van der Waals surface area contributed by atoms with Crippen LogP contribution < -0.4 is 10.1 Å². The molecule has 0 bridgehead atoms. The van der Waals surface area contributed by atoms with Gasteiger partial charge in [0.2, 0.25) is 0 Å². The molecular formula is C26H24BrNO3. The summed E-state index contributed by atoms with van der Waals surface area (Å²) in [6.45, 7) is 3.23. The molecule has 4 nitrogen and oxygen atoms in total. The monoisotopic (exact) mass is 477 g/mol. The van der Waals surface area contributed by atoms with Crippen molar-refractivity contribution in [3.8, 4) is 16.9 Å². The van der Waals surface area contributed by atoms with Gasteiger partial charge >= 0.3 is 6.09 Å². The van der Waals surface area contributed by atoms with E-state index in [4.69, 9.17) is 9.47 Å². The molecule has 1 aliphatic carbocycles. The Kier molecular flexibility index (Phi) is 6.73. The van der Waals surface area contributed by atoms with Crippen LogP contribution in [0.25, 0.3) is 17.2 Å². The lowest BCUT2D eigenvalue weighted by Crippen LogP contribution is -2.26. The summed E-state index contributed by atoms with van der Waals surface area (Å²) in [5.41, 5.74) is 5.79. The van der Waals surface area contributed by atoms with Crippen molar-refractivity contribution in [3.63, 3.8) is 0 Å². The first-order chi connectivity index (χ1) is 15.2. The van der Waals surface area contributed by atoms with Crippen LogP contribution in [0.4, 0.5) is 4.79 Å². The molecule has 5 heteroatoms. The Labute approximate surface area is 191 Å². The van der Waals surface area contributed by atoms with Gasteiger partial charge in [0, 0.05) is 22.5 Å². The predicted octanol–water partition coefficient (Wildman–Crippen LogP) is 6.40. The maximum absolute atomic E-state index is 12.3. The van der Waals surface area contributed by atoms with Gasteiger partial charge in [-0.25, -0.2) is 4.79 Å². The first-order valence-electron chi connectivity index (χ1n) is 10.3. The first kappa shape index (κ1) is 21.2. The third-order valence-corrected chi connectivity index (χ3v) is 5.77. The van der Waals surface area contributed by atoms with E-state index in [1.165, 1.54) is 22.3 Å². The van der Waals surface area contributed by atoms with Crippen LogP contribution in [-0.4, -0.2) is 25.9 Å². The number of hydrogen-bond donors (Lipinski definition) is 1. The number of ether oxygens (including phenoxy) is 2. The molecule has 1 N–H and O–H groups in total. The van der Waals surface area contributed by atoms with Gasteiger partial charge in [0.25, 0.3) is 0 Å². The van der Waals surface area contributed by atoms with E-state index in [-0.39, 0.29) is 5.92 Å². The molecule has 1 amide bonds. The second kappa shape index (κ2) is 9.84. The molecule has 0 spiro atoms. The molecule has 4 rings (SSSR count). The van der Waals surface area contributed by atoms with E-state index in [1.54, 1.807) is 0 Å². The molecular weight excluding hydrogens is 454 g/mol. The first-order valence-corrected chi connectivity index (χ1v) is 11.1. The van der Waals surface area contributed by atoms with E-state index in [9.17, 15) is 4.79 Å². The molecule has 0 unspecified atom stereocenters. The van der Waals surface area contributed by atoms with E-state index in [1.807, 2.05) is 61.5 Å². The minimum absolute atomic E-state index is 0.0594. The Morgan fingerprint density at radius 1 is 1.03 bits per heavy atom. The Hall–Kier alpha value is -3.05. The quantitative estimate of drug-likeness (QED) is 0.428.